The molecular weight excluding hydrogens is 240 g/mol. The normalized spacial score (nSPS) is 12.9. The van der Waals surface area contributed by atoms with Gasteiger partial charge in [0.2, 0.25) is 0 Å². The maximum Gasteiger partial charge on any atom is 0.0230 e. The number of rotatable bonds is 8. The van der Waals surface area contributed by atoms with Crippen LogP contribution in [-0.4, -0.2) is 30.8 Å². The minimum atomic E-state index is 0.621. The second-order valence-corrected chi connectivity index (χ2v) is 6.28. The van der Waals surface area contributed by atoms with Gasteiger partial charge in [0, 0.05) is 11.4 Å². The Kier molecular flexibility index (Phi) is 7.40. The van der Waals surface area contributed by atoms with E-state index < -0.39 is 0 Å². The van der Waals surface area contributed by atoms with Crippen LogP contribution >= 0.6 is 11.8 Å². The third kappa shape index (κ3) is 5.89. The van der Waals surface area contributed by atoms with Crippen LogP contribution in [0.25, 0.3) is 0 Å². The summed E-state index contributed by atoms with van der Waals surface area (Å²) < 4.78 is 0. The molecule has 2 nitrogen and oxygen atoms in total. The molecular formula is C15H26N2S. The molecule has 0 radical (unpaired) electrons. The van der Waals surface area contributed by atoms with Gasteiger partial charge >= 0.3 is 0 Å². The largest absolute Gasteiger partial charge is 0.330 e. The Bertz CT molecular complexity index is 324. The topological polar surface area (TPSA) is 29.3 Å². The first kappa shape index (κ1) is 15.5. The molecule has 0 aliphatic carbocycles. The van der Waals surface area contributed by atoms with Gasteiger partial charge in [0.25, 0.3) is 0 Å². The summed E-state index contributed by atoms with van der Waals surface area (Å²) in [6, 6.07) is 8.92. The first-order valence-corrected chi connectivity index (χ1v) is 7.74. The highest BCUT2D eigenvalue weighted by Crippen LogP contribution is 2.18. The van der Waals surface area contributed by atoms with E-state index in [1.165, 1.54) is 16.9 Å². The average molecular weight is 266 g/mol. The predicted molar refractivity (Wildman–Crippen MR) is 82.0 cm³/mol. The van der Waals surface area contributed by atoms with Gasteiger partial charge in [-0.2, -0.15) is 0 Å². The van der Waals surface area contributed by atoms with Crippen molar-refractivity contribution in [2.45, 2.75) is 31.7 Å². The van der Waals surface area contributed by atoms with Crippen molar-refractivity contribution in [2.75, 3.05) is 25.9 Å². The van der Waals surface area contributed by atoms with Crippen LogP contribution in [0, 0.1) is 5.92 Å². The number of hydrogen-bond donors (Lipinski definition) is 1. The lowest BCUT2D eigenvalue weighted by molar-refractivity contribution is 0.300. The molecule has 0 aliphatic heterocycles. The van der Waals surface area contributed by atoms with Crippen molar-refractivity contribution in [2.24, 2.45) is 11.7 Å². The molecule has 0 amide bonds. The Labute approximate surface area is 116 Å². The van der Waals surface area contributed by atoms with Crippen LogP contribution < -0.4 is 5.73 Å². The second kappa shape index (κ2) is 8.57. The smallest absolute Gasteiger partial charge is 0.0230 e. The van der Waals surface area contributed by atoms with Gasteiger partial charge in [-0.1, -0.05) is 26.0 Å². The molecule has 18 heavy (non-hydrogen) atoms. The average Bonchev–Trinajstić information content (AvgIpc) is 2.38. The second-order valence-electron chi connectivity index (χ2n) is 4.94. The van der Waals surface area contributed by atoms with Gasteiger partial charge in [-0.15, -0.1) is 11.8 Å². The lowest BCUT2D eigenvalue weighted by atomic mass is 10.1. The maximum atomic E-state index is 5.64. The van der Waals surface area contributed by atoms with Gasteiger partial charge in [0.1, 0.15) is 0 Å². The summed E-state index contributed by atoms with van der Waals surface area (Å²) in [4.78, 5) is 3.73. The molecule has 0 saturated heterocycles. The van der Waals surface area contributed by atoms with Crippen molar-refractivity contribution >= 4 is 11.8 Å². The van der Waals surface area contributed by atoms with Crippen LogP contribution in [-0.2, 0) is 6.54 Å². The summed E-state index contributed by atoms with van der Waals surface area (Å²) in [5, 5.41) is 0. The molecule has 2 N–H and O–H groups in total. The molecule has 0 saturated carbocycles. The highest BCUT2D eigenvalue weighted by atomic mass is 32.2. The molecule has 1 aromatic carbocycles. The van der Waals surface area contributed by atoms with Crippen LogP contribution in [0.2, 0.25) is 0 Å². The van der Waals surface area contributed by atoms with Gasteiger partial charge in [-0.05, 0) is 55.9 Å². The van der Waals surface area contributed by atoms with Crippen molar-refractivity contribution in [1.82, 2.24) is 4.90 Å². The van der Waals surface area contributed by atoms with Crippen LogP contribution in [0.4, 0.5) is 0 Å². The summed E-state index contributed by atoms with van der Waals surface area (Å²) in [6.07, 6.45) is 1.18. The van der Waals surface area contributed by atoms with E-state index >= 15 is 0 Å². The van der Waals surface area contributed by atoms with Crippen LogP contribution in [0.5, 0.6) is 0 Å². The van der Waals surface area contributed by atoms with E-state index in [1.54, 1.807) is 0 Å². The molecule has 102 valence electrons. The van der Waals surface area contributed by atoms with E-state index in [-0.39, 0.29) is 0 Å². The van der Waals surface area contributed by atoms with Gasteiger partial charge < -0.3 is 10.6 Å². The molecule has 0 heterocycles. The molecule has 1 rings (SSSR count). The predicted octanol–water partition coefficient (Wildman–Crippen LogP) is 3.22. The molecule has 0 bridgehead atoms. The standard InChI is InChI=1S/C15H26N2S/c1-4-18-15-7-5-14(6-8-15)12-17(3)10-9-13(2)11-16/h5-8,13H,4,9-12,16H2,1-3H3. The van der Waals surface area contributed by atoms with Gasteiger partial charge in [0.15, 0.2) is 0 Å². The summed E-state index contributed by atoms with van der Waals surface area (Å²) in [5.74, 6) is 1.76. The molecule has 1 atom stereocenters. The number of benzene rings is 1. The highest BCUT2D eigenvalue weighted by molar-refractivity contribution is 7.99. The number of thioether (sulfide) groups is 1. The fourth-order valence-corrected chi connectivity index (χ4v) is 2.47. The first-order chi connectivity index (χ1) is 8.65. The molecule has 0 fully saturated rings. The molecule has 0 spiro atoms. The van der Waals surface area contributed by atoms with E-state index in [0.717, 1.165) is 25.4 Å². The van der Waals surface area contributed by atoms with Crippen LogP contribution in [0.1, 0.15) is 25.8 Å². The third-order valence-electron chi connectivity index (χ3n) is 3.09. The third-order valence-corrected chi connectivity index (χ3v) is 3.99. The molecule has 0 aliphatic rings. The van der Waals surface area contributed by atoms with Crippen molar-refractivity contribution in [3.63, 3.8) is 0 Å². The first-order valence-electron chi connectivity index (χ1n) is 6.76. The maximum absolute atomic E-state index is 5.64. The van der Waals surface area contributed by atoms with Gasteiger partial charge in [-0.25, -0.2) is 0 Å². The van der Waals surface area contributed by atoms with E-state index in [9.17, 15) is 0 Å². The van der Waals surface area contributed by atoms with E-state index in [4.69, 9.17) is 5.73 Å². The SMILES string of the molecule is CCSc1ccc(CN(C)CCC(C)CN)cc1. The van der Waals surface area contributed by atoms with Crippen molar-refractivity contribution < 1.29 is 0 Å². The highest BCUT2D eigenvalue weighted by Gasteiger charge is 2.04. The fraction of sp³-hybridized carbons (Fsp3) is 0.600. The number of nitrogens with two attached hydrogens (primary N) is 1. The molecule has 1 aromatic rings. The Balaban J connectivity index is 2.37. The van der Waals surface area contributed by atoms with E-state index in [1.807, 2.05) is 11.8 Å². The zero-order valence-electron chi connectivity index (χ0n) is 11.9. The summed E-state index contributed by atoms with van der Waals surface area (Å²) in [5.41, 5.74) is 7.02. The van der Waals surface area contributed by atoms with E-state index in [0.29, 0.717) is 5.92 Å². The zero-order valence-corrected chi connectivity index (χ0v) is 12.7. The summed E-state index contributed by atoms with van der Waals surface area (Å²) >= 11 is 1.89. The Hall–Kier alpha value is -0.510. The number of hydrogen-bond acceptors (Lipinski definition) is 3. The van der Waals surface area contributed by atoms with Gasteiger partial charge in [0.05, 0.1) is 0 Å². The quantitative estimate of drug-likeness (QED) is 0.733. The lowest BCUT2D eigenvalue weighted by Crippen LogP contribution is -2.23. The molecule has 1 unspecified atom stereocenters. The minimum absolute atomic E-state index is 0.621. The van der Waals surface area contributed by atoms with Crippen molar-refractivity contribution in [3.05, 3.63) is 29.8 Å². The Morgan fingerprint density at radius 3 is 2.50 bits per heavy atom. The molecule has 0 aromatic heterocycles. The summed E-state index contributed by atoms with van der Waals surface area (Å²) in [7, 11) is 2.18. The number of nitrogens with zero attached hydrogens (tertiary/aromatic N) is 1. The van der Waals surface area contributed by atoms with Crippen molar-refractivity contribution in [1.29, 1.82) is 0 Å². The van der Waals surface area contributed by atoms with Crippen molar-refractivity contribution in [3.8, 4) is 0 Å². The minimum Gasteiger partial charge on any atom is -0.330 e. The Morgan fingerprint density at radius 2 is 1.94 bits per heavy atom. The fourth-order valence-electron chi connectivity index (χ4n) is 1.81. The van der Waals surface area contributed by atoms with Crippen LogP contribution in [0.3, 0.4) is 0 Å². The van der Waals surface area contributed by atoms with Crippen LogP contribution in [0.15, 0.2) is 29.2 Å². The lowest BCUT2D eigenvalue weighted by Gasteiger charge is -2.18. The summed E-state index contributed by atoms with van der Waals surface area (Å²) in [6.45, 7) is 7.32. The molecule has 3 heteroatoms. The zero-order chi connectivity index (χ0) is 13.4. The van der Waals surface area contributed by atoms with Gasteiger partial charge in [-0.3, -0.25) is 0 Å². The monoisotopic (exact) mass is 266 g/mol. The van der Waals surface area contributed by atoms with E-state index in [2.05, 4.69) is 50.1 Å². The Morgan fingerprint density at radius 1 is 1.28 bits per heavy atom.